The van der Waals surface area contributed by atoms with E-state index < -0.39 is 6.10 Å². The van der Waals surface area contributed by atoms with Crippen LogP contribution in [-0.4, -0.2) is 11.2 Å². The van der Waals surface area contributed by atoms with Crippen molar-refractivity contribution in [1.82, 2.24) is 0 Å². The number of rotatable bonds is 0. The number of hydrogen-bond acceptors (Lipinski definition) is 2. The van der Waals surface area contributed by atoms with Gasteiger partial charge in [-0.3, -0.25) is 0 Å². The summed E-state index contributed by atoms with van der Waals surface area (Å²) in [7, 11) is 0. The summed E-state index contributed by atoms with van der Waals surface area (Å²) < 4.78 is 18.6. The molecular formula is C9H8BrFO2. The number of hydrogen-bond donors (Lipinski definition) is 1. The van der Waals surface area contributed by atoms with Gasteiger partial charge in [0.2, 0.25) is 0 Å². The molecule has 0 fully saturated rings. The van der Waals surface area contributed by atoms with E-state index in [1.54, 1.807) is 13.0 Å². The fourth-order valence-corrected chi connectivity index (χ4v) is 1.76. The number of aliphatic hydroxyl groups is 1. The zero-order valence-corrected chi connectivity index (χ0v) is 8.51. The van der Waals surface area contributed by atoms with Gasteiger partial charge in [0, 0.05) is 11.6 Å². The highest BCUT2D eigenvalue weighted by atomic mass is 79.9. The van der Waals surface area contributed by atoms with Crippen molar-refractivity contribution >= 4 is 15.9 Å². The lowest BCUT2D eigenvalue weighted by Crippen LogP contribution is -2.12. The molecule has 2 nitrogen and oxygen atoms in total. The fourth-order valence-electron chi connectivity index (χ4n) is 1.39. The number of halogens is 2. The predicted molar refractivity (Wildman–Crippen MR) is 49.1 cm³/mol. The molecule has 0 spiro atoms. The molecule has 0 bridgehead atoms. The molecule has 0 saturated heterocycles. The van der Waals surface area contributed by atoms with Gasteiger partial charge in [-0.1, -0.05) is 0 Å². The van der Waals surface area contributed by atoms with E-state index in [0.717, 1.165) is 0 Å². The Hall–Kier alpha value is -0.610. The van der Waals surface area contributed by atoms with Gasteiger partial charge in [-0.05, 0) is 28.9 Å². The van der Waals surface area contributed by atoms with Gasteiger partial charge in [0.1, 0.15) is 23.8 Å². The van der Waals surface area contributed by atoms with Crippen LogP contribution in [-0.2, 0) is 0 Å². The standard InChI is InChI=1S/C9H8BrFO2/c1-4-9(12)5-2-6(10)7(11)3-8(5)13-4/h2-4,9,12H,1H3. The zero-order valence-electron chi connectivity index (χ0n) is 6.92. The Morgan fingerprint density at radius 3 is 2.92 bits per heavy atom. The molecule has 1 aliphatic heterocycles. The predicted octanol–water partition coefficient (Wildman–Crippen LogP) is 2.40. The van der Waals surface area contributed by atoms with E-state index in [1.807, 2.05) is 0 Å². The normalized spacial score (nSPS) is 25.5. The summed E-state index contributed by atoms with van der Waals surface area (Å²) in [5.41, 5.74) is 0.640. The molecule has 0 aliphatic carbocycles. The van der Waals surface area contributed by atoms with Crippen molar-refractivity contribution < 1.29 is 14.2 Å². The molecular weight excluding hydrogens is 239 g/mol. The summed E-state index contributed by atoms with van der Waals surface area (Å²) >= 11 is 3.05. The minimum atomic E-state index is -0.660. The maximum atomic E-state index is 13.0. The number of aliphatic hydroxyl groups excluding tert-OH is 1. The van der Waals surface area contributed by atoms with Gasteiger partial charge in [0.25, 0.3) is 0 Å². The first-order valence-electron chi connectivity index (χ1n) is 3.93. The van der Waals surface area contributed by atoms with Gasteiger partial charge < -0.3 is 9.84 Å². The van der Waals surface area contributed by atoms with E-state index in [-0.39, 0.29) is 11.9 Å². The van der Waals surface area contributed by atoms with Crippen LogP contribution < -0.4 is 4.74 Å². The minimum absolute atomic E-state index is 0.302. The SMILES string of the molecule is CC1Oc2cc(F)c(Br)cc2C1O. The molecule has 2 unspecified atom stereocenters. The summed E-state index contributed by atoms with van der Waals surface area (Å²) in [6.45, 7) is 1.75. The molecule has 1 aromatic rings. The first-order chi connectivity index (χ1) is 6.09. The Bertz CT molecular complexity index is 354. The van der Waals surface area contributed by atoms with Crippen molar-refractivity contribution in [2.45, 2.75) is 19.1 Å². The Labute approximate surface area is 83.5 Å². The van der Waals surface area contributed by atoms with Crippen LogP contribution in [0.4, 0.5) is 4.39 Å². The molecule has 1 aliphatic rings. The van der Waals surface area contributed by atoms with Gasteiger partial charge in [-0.25, -0.2) is 4.39 Å². The molecule has 13 heavy (non-hydrogen) atoms. The third-order valence-electron chi connectivity index (χ3n) is 2.13. The van der Waals surface area contributed by atoms with E-state index in [2.05, 4.69) is 15.9 Å². The average Bonchev–Trinajstić information content (AvgIpc) is 2.32. The summed E-state index contributed by atoms with van der Waals surface area (Å²) in [6.07, 6.45) is -0.962. The average molecular weight is 247 g/mol. The summed E-state index contributed by atoms with van der Waals surface area (Å²) in [5, 5.41) is 9.60. The maximum Gasteiger partial charge on any atom is 0.141 e. The maximum absolute atomic E-state index is 13.0. The van der Waals surface area contributed by atoms with Crippen LogP contribution in [0.3, 0.4) is 0 Å². The smallest absolute Gasteiger partial charge is 0.141 e. The Morgan fingerprint density at radius 1 is 1.54 bits per heavy atom. The molecule has 2 atom stereocenters. The largest absolute Gasteiger partial charge is 0.487 e. The molecule has 2 rings (SSSR count). The second-order valence-electron chi connectivity index (χ2n) is 3.07. The summed E-state index contributed by atoms with van der Waals surface area (Å²) in [4.78, 5) is 0. The van der Waals surface area contributed by atoms with Gasteiger partial charge in [-0.2, -0.15) is 0 Å². The van der Waals surface area contributed by atoms with Gasteiger partial charge in [0.05, 0.1) is 4.47 Å². The molecule has 0 aromatic heterocycles. The minimum Gasteiger partial charge on any atom is -0.487 e. The van der Waals surface area contributed by atoms with Crippen molar-refractivity contribution in [3.8, 4) is 5.75 Å². The lowest BCUT2D eigenvalue weighted by Gasteiger charge is -2.06. The Morgan fingerprint density at radius 2 is 2.23 bits per heavy atom. The van der Waals surface area contributed by atoms with Crippen molar-refractivity contribution in [2.24, 2.45) is 0 Å². The van der Waals surface area contributed by atoms with E-state index in [4.69, 9.17) is 4.74 Å². The quantitative estimate of drug-likeness (QED) is 0.762. The fraction of sp³-hybridized carbons (Fsp3) is 0.333. The van der Waals surface area contributed by atoms with Crippen LogP contribution in [0.2, 0.25) is 0 Å². The number of fused-ring (bicyclic) bond motifs is 1. The summed E-state index contributed by atoms with van der Waals surface area (Å²) in [5.74, 6) is 0.0563. The monoisotopic (exact) mass is 246 g/mol. The Balaban J connectivity index is 2.53. The molecule has 1 N–H and O–H groups in total. The van der Waals surface area contributed by atoms with Gasteiger partial charge in [-0.15, -0.1) is 0 Å². The van der Waals surface area contributed by atoms with Crippen LogP contribution in [0, 0.1) is 5.82 Å². The zero-order chi connectivity index (χ0) is 9.59. The Kier molecular flexibility index (Phi) is 2.04. The molecule has 4 heteroatoms. The molecule has 0 saturated carbocycles. The number of ether oxygens (including phenoxy) is 1. The third kappa shape index (κ3) is 1.34. The van der Waals surface area contributed by atoms with Crippen LogP contribution in [0.1, 0.15) is 18.6 Å². The second kappa shape index (κ2) is 2.96. The highest BCUT2D eigenvalue weighted by Gasteiger charge is 2.30. The van der Waals surface area contributed by atoms with Crippen molar-refractivity contribution in [3.05, 3.63) is 28.0 Å². The van der Waals surface area contributed by atoms with Crippen LogP contribution in [0.5, 0.6) is 5.75 Å². The third-order valence-corrected chi connectivity index (χ3v) is 2.74. The first kappa shape index (κ1) is 8.97. The van der Waals surface area contributed by atoms with E-state index in [9.17, 15) is 9.50 Å². The first-order valence-corrected chi connectivity index (χ1v) is 4.72. The van der Waals surface area contributed by atoms with E-state index >= 15 is 0 Å². The van der Waals surface area contributed by atoms with Crippen molar-refractivity contribution in [1.29, 1.82) is 0 Å². The topological polar surface area (TPSA) is 29.5 Å². The van der Waals surface area contributed by atoms with Crippen molar-refractivity contribution in [3.63, 3.8) is 0 Å². The van der Waals surface area contributed by atoms with E-state index in [0.29, 0.717) is 15.8 Å². The van der Waals surface area contributed by atoms with Gasteiger partial charge in [0.15, 0.2) is 0 Å². The lowest BCUT2D eigenvalue weighted by atomic mass is 10.1. The molecule has 0 amide bonds. The molecule has 70 valence electrons. The molecule has 1 aromatic carbocycles. The van der Waals surface area contributed by atoms with Crippen LogP contribution in [0.25, 0.3) is 0 Å². The molecule has 1 heterocycles. The second-order valence-corrected chi connectivity index (χ2v) is 3.93. The lowest BCUT2D eigenvalue weighted by molar-refractivity contribution is 0.0795. The molecule has 0 radical (unpaired) electrons. The van der Waals surface area contributed by atoms with Crippen LogP contribution >= 0.6 is 15.9 Å². The summed E-state index contributed by atoms with van der Waals surface area (Å²) in [6, 6.07) is 2.84. The van der Waals surface area contributed by atoms with Crippen LogP contribution in [0.15, 0.2) is 16.6 Å². The number of benzene rings is 1. The highest BCUT2D eigenvalue weighted by Crippen LogP contribution is 2.39. The van der Waals surface area contributed by atoms with E-state index in [1.165, 1.54) is 6.07 Å². The van der Waals surface area contributed by atoms with Gasteiger partial charge >= 0.3 is 0 Å². The van der Waals surface area contributed by atoms with Crippen molar-refractivity contribution in [2.75, 3.05) is 0 Å². The highest BCUT2D eigenvalue weighted by molar-refractivity contribution is 9.10.